The van der Waals surface area contributed by atoms with Crippen molar-refractivity contribution in [3.8, 4) is 11.5 Å². The number of nitrogens with zero attached hydrogens (tertiary/aromatic N) is 2. The van der Waals surface area contributed by atoms with Gasteiger partial charge in [-0.05, 0) is 30.0 Å². The summed E-state index contributed by atoms with van der Waals surface area (Å²) in [6.07, 6.45) is 1.87. The Morgan fingerprint density at radius 2 is 2.08 bits per heavy atom. The fraction of sp³-hybridized carbons (Fsp3) is 0.381. The fourth-order valence-corrected chi connectivity index (χ4v) is 3.47. The Bertz CT molecular complexity index is 746. The maximum absolute atomic E-state index is 10.1. The lowest BCUT2D eigenvalue weighted by atomic mass is 9.99. The molecule has 0 saturated carbocycles. The van der Waals surface area contributed by atoms with Gasteiger partial charge in [-0.2, -0.15) is 0 Å². The van der Waals surface area contributed by atoms with Gasteiger partial charge < -0.3 is 20.1 Å². The van der Waals surface area contributed by atoms with Crippen molar-refractivity contribution < 1.29 is 9.84 Å². The van der Waals surface area contributed by atoms with Crippen molar-refractivity contribution in [3.05, 3.63) is 59.7 Å². The van der Waals surface area contributed by atoms with Gasteiger partial charge in [-0.3, -0.25) is 4.99 Å². The standard InChI is InChI=1S/C21H27N3O2/c1-22-21(23-12-10-17-8-9-19(26-2)14-20(17)25)24-13-11-18(15-24)16-6-4-3-5-7-16/h3-9,14,18,25H,10-13,15H2,1-2H3,(H,22,23). The lowest BCUT2D eigenvalue weighted by molar-refractivity contribution is 0.406. The van der Waals surface area contributed by atoms with Crippen LogP contribution >= 0.6 is 0 Å². The van der Waals surface area contributed by atoms with Crippen molar-refractivity contribution in [2.45, 2.75) is 18.8 Å². The summed E-state index contributed by atoms with van der Waals surface area (Å²) >= 11 is 0. The average molecular weight is 353 g/mol. The largest absolute Gasteiger partial charge is 0.508 e. The molecule has 26 heavy (non-hydrogen) atoms. The number of nitrogens with one attached hydrogen (secondary N) is 1. The van der Waals surface area contributed by atoms with Crippen LogP contribution in [0.4, 0.5) is 0 Å². The van der Waals surface area contributed by atoms with Gasteiger partial charge in [0.05, 0.1) is 7.11 Å². The van der Waals surface area contributed by atoms with Crippen molar-refractivity contribution >= 4 is 5.96 Å². The van der Waals surface area contributed by atoms with Crippen LogP contribution in [-0.2, 0) is 6.42 Å². The molecule has 5 heteroatoms. The molecular formula is C21H27N3O2. The quantitative estimate of drug-likeness (QED) is 0.641. The molecule has 2 N–H and O–H groups in total. The second-order valence-electron chi connectivity index (χ2n) is 6.56. The van der Waals surface area contributed by atoms with E-state index in [4.69, 9.17) is 4.74 Å². The maximum atomic E-state index is 10.1. The van der Waals surface area contributed by atoms with Crippen LogP contribution in [0.15, 0.2) is 53.5 Å². The zero-order valence-corrected chi connectivity index (χ0v) is 15.5. The molecule has 0 amide bonds. The Morgan fingerprint density at radius 3 is 2.77 bits per heavy atom. The molecule has 0 bridgehead atoms. The highest BCUT2D eigenvalue weighted by Gasteiger charge is 2.25. The summed E-state index contributed by atoms with van der Waals surface area (Å²) in [6, 6.07) is 16.1. The molecule has 138 valence electrons. The molecule has 0 aromatic heterocycles. The third-order valence-corrected chi connectivity index (χ3v) is 4.94. The molecule has 5 nitrogen and oxygen atoms in total. The molecule has 0 aliphatic carbocycles. The van der Waals surface area contributed by atoms with E-state index in [1.165, 1.54) is 5.56 Å². The summed E-state index contributed by atoms with van der Waals surface area (Å²) < 4.78 is 5.12. The summed E-state index contributed by atoms with van der Waals surface area (Å²) in [7, 11) is 3.42. The first-order valence-electron chi connectivity index (χ1n) is 9.07. The molecule has 1 aliphatic rings. The Kier molecular flexibility index (Phi) is 6.00. The predicted molar refractivity (Wildman–Crippen MR) is 105 cm³/mol. The summed E-state index contributed by atoms with van der Waals surface area (Å²) in [5.41, 5.74) is 2.30. The van der Waals surface area contributed by atoms with Gasteiger partial charge >= 0.3 is 0 Å². The lowest BCUT2D eigenvalue weighted by Gasteiger charge is -2.22. The summed E-state index contributed by atoms with van der Waals surface area (Å²) in [5.74, 6) is 2.42. The van der Waals surface area contributed by atoms with Gasteiger partial charge in [0.1, 0.15) is 11.5 Å². The highest BCUT2D eigenvalue weighted by atomic mass is 16.5. The van der Waals surface area contributed by atoms with Crippen molar-refractivity contribution in [1.29, 1.82) is 0 Å². The molecule has 0 spiro atoms. The molecule has 1 saturated heterocycles. The number of aromatic hydroxyl groups is 1. The van der Waals surface area contributed by atoms with Crippen LogP contribution in [0.25, 0.3) is 0 Å². The third-order valence-electron chi connectivity index (χ3n) is 4.94. The van der Waals surface area contributed by atoms with Gasteiger partial charge in [0, 0.05) is 38.7 Å². The summed E-state index contributed by atoms with van der Waals surface area (Å²) in [5, 5.41) is 13.5. The monoisotopic (exact) mass is 353 g/mol. The topological polar surface area (TPSA) is 57.1 Å². The van der Waals surface area contributed by atoms with Crippen LogP contribution < -0.4 is 10.1 Å². The van der Waals surface area contributed by atoms with Crippen molar-refractivity contribution in [3.63, 3.8) is 0 Å². The van der Waals surface area contributed by atoms with Gasteiger partial charge in [0.25, 0.3) is 0 Å². The predicted octanol–water partition coefficient (Wildman–Crippen LogP) is 3.01. The minimum Gasteiger partial charge on any atom is -0.508 e. The van der Waals surface area contributed by atoms with E-state index >= 15 is 0 Å². The first kappa shape index (κ1) is 18.1. The number of phenolic OH excluding ortho intramolecular Hbond substituents is 1. The number of likely N-dealkylation sites (tertiary alicyclic amines) is 1. The van der Waals surface area contributed by atoms with E-state index in [-0.39, 0.29) is 5.75 Å². The molecule has 1 unspecified atom stereocenters. The van der Waals surface area contributed by atoms with Crippen LogP contribution in [0.1, 0.15) is 23.5 Å². The fourth-order valence-electron chi connectivity index (χ4n) is 3.47. The molecule has 3 rings (SSSR count). The van der Waals surface area contributed by atoms with Gasteiger partial charge in [0.2, 0.25) is 0 Å². The Balaban J connectivity index is 1.53. The van der Waals surface area contributed by atoms with E-state index in [1.54, 1.807) is 13.2 Å². The van der Waals surface area contributed by atoms with Crippen LogP contribution in [-0.4, -0.2) is 49.8 Å². The second-order valence-corrected chi connectivity index (χ2v) is 6.56. The normalized spacial score (nSPS) is 17.4. The summed E-state index contributed by atoms with van der Waals surface area (Å²) in [4.78, 5) is 6.74. The highest BCUT2D eigenvalue weighted by Crippen LogP contribution is 2.27. The van der Waals surface area contributed by atoms with E-state index in [1.807, 2.05) is 19.2 Å². The smallest absolute Gasteiger partial charge is 0.193 e. The highest BCUT2D eigenvalue weighted by molar-refractivity contribution is 5.80. The van der Waals surface area contributed by atoms with E-state index in [9.17, 15) is 5.11 Å². The summed E-state index contributed by atoms with van der Waals surface area (Å²) in [6.45, 7) is 2.71. The molecule has 1 aliphatic heterocycles. The number of aliphatic imine (C=N–C) groups is 1. The van der Waals surface area contributed by atoms with E-state index in [0.717, 1.165) is 44.0 Å². The molecule has 0 radical (unpaired) electrons. The van der Waals surface area contributed by atoms with Gasteiger partial charge in [-0.25, -0.2) is 0 Å². The number of hydrogen-bond acceptors (Lipinski definition) is 3. The lowest BCUT2D eigenvalue weighted by Crippen LogP contribution is -2.40. The second kappa shape index (κ2) is 8.61. The number of ether oxygens (including phenoxy) is 1. The number of methoxy groups -OCH3 is 1. The molecule has 2 aromatic carbocycles. The van der Waals surface area contributed by atoms with Gasteiger partial charge in [-0.15, -0.1) is 0 Å². The zero-order valence-electron chi connectivity index (χ0n) is 15.5. The van der Waals surface area contributed by atoms with Crippen molar-refractivity contribution in [2.24, 2.45) is 4.99 Å². The van der Waals surface area contributed by atoms with Crippen LogP contribution in [0, 0.1) is 0 Å². The van der Waals surface area contributed by atoms with Crippen molar-refractivity contribution in [1.82, 2.24) is 10.2 Å². The molecule has 1 heterocycles. The van der Waals surface area contributed by atoms with E-state index < -0.39 is 0 Å². The number of rotatable bonds is 5. The number of benzene rings is 2. The number of hydrogen-bond donors (Lipinski definition) is 2. The van der Waals surface area contributed by atoms with Gasteiger partial charge in [0.15, 0.2) is 5.96 Å². The molecule has 2 aromatic rings. The van der Waals surface area contributed by atoms with E-state index in [2.05, 4.69) is 45.5 Å². The van der Waals surface area contributed by atoms with E-state index in [0.29, 0.717) is 11.7 Å². The molecular weight excluding hydrogens is 326 g/mol. The number of guanidine groups is 1. The van der Waals surface area contributed by atoms with Crippen LogP contribution in [0.2, 0.25) is 0 Å². The first-order valence-corrected chi connectivity index (χ1v) is 9.07. The van der Waals surface area contributed by atoms with Crippen molar-refractivity contribution in [2.75, 3.05) is 33.8 Å². The average Bonchev–Trinajstić information content (AvgIpc) is 3.17. The maximum Gasteiger partial charge on any atom is 0.193 e. The van der Waals surface area contributed by atoms with Gasteiger partial charge in [-0.1, -0.05) is 36.4 Å². The first-order chi connectivity index (χ1) is 12.7. The Morgan fingerprint density at radius 1 is 1.27 bits per heavy atom. The Labute approximate surface area is 155 Å². The third kappa shape index (κ3) is 4.28. The minimum absolute atomic E-state index is 0.270. The molecule has 1 atom stereocenters. The number of phenols is 1. The molecule has 1 fully saturated rings. The van der Waals surface area contributed by atoms with Crippen LogP contribution in [0.5, 0.6) is 11.5 Å². The minimum atomic E-state index is 0.270. The zero-order chi connectivity index (χ0) is 18.4. The Hall–Kier alpha value is -2.69. The SMILES string of the molecule is CN=C(NCCc1ccc(OC)cc1O)N1CCC(c2ccccc2)C1. The van der Waals surface area contributed by atoms with Crippen LogP contribution in [0.3, 0.4) is 0 Å².